The predicted molar refractivity (Wildman–Crippen MR) is 104 cm³/mol. The number of allylic oxidation sites excluding steroid dienone is 1. The third kappa shape index (κ3) is 4.38. The maximum atomic E-state index is 13.3. The zero-order valence-electron chi connectivity index (χ0n) is 15.2. The van der Waals surface area contributed by atoms with E-state index in [0.717, 1.165) is 28.5 Å². The molecule has 2 aromatic rings. The van der Waals surface area contributed by atoms with Gasteiger partial charge in [-0.2, -0.15) is 0 Å². The van der Waals surface area contributed by atoms with Gasteiger partial charge in [0.2, 0.25) is 10.0 Å². The lowest BCUT2D eigenvalue weighted by molar-refractivity contribution is -0.104. The van der Waals surface area contributed by atoms with Crippen LogP contribution in [0.3, 0.4) is 0 Å². The number of carbonyl (C=O) groups excluding carboxylic acids is 1. The minimum absolute atomic E-state index is 0.0911. The molecule has 0 saturated heterocycles. The van der Waals surface area contributed by atoms with E-state index in [2.05, 4.69) is 0 Å². The second kappa shape index (κ2) is 7.83. The zero-order valence-corrected chi connectivity index (χ0v) is 16.0. The minimum Gasteiger partial charge on any atom is -0.299 e. The molecule has 0 amide bonds. The molecule has 6 heteroatoms. The summed E-state index contributed by atoms with van der Waals surface area (Å²) in [6.45, 7) is 3.98. The number of hydrogen-bond donors (Lipinski definition) is 0. The van der Waals surface area contributed by atoms with Crippen LogP contribution in [-0.2, 0) is 14.8 Å². The average Bonchev–Trinajstić information content (AvgIpc) is 2.58. The van der Waals surface area contributed by atoms with Gasteiger partial charge in [-0.15, -0.1) is 0 Å². The minimum atomic E-state index is -3.43. The second-order valence-electron chi connectivity index (χ2n) is 6.38. The van der Waals surface area contributed by atoms with E-state index in [1.165, 1.54) is 29.6 Å². The van der Waals surface area contributed by atoms with E-state index < -0.39 is 10.0 Å². The summed E-state index contributed by atoms with van der Waals surface area (Å²) in [6, 6.07) is 9.53. The average molecular weight is 375 g/mol. The Balaban J connectivity index is 2.83. The number of rotatable bonds is 6. The van der Waals surface area contributed by atoms with Gasteiger partial charge in [-0.3, -0.25) is 9.10 Å². The molecule has 2 aromatic carbocycles. The molecule has 0 radical (unpaired) electrons. The van der Waals surface area contributed by atoms with Crippen LogP contribution in [0.4, 0.5) is 10.1 Å². The van der Waals surface area contributed by atoms with E-state index in [1.54, 1.807) is 24.3 Å². The van der Waals surface area contributed by atoms with Crippen molar-refractivity contribution in [1.82, 2.24) is 0 Å². The highest BCUT2D eigenvalue weighted by Gasteiger charge is 2.18. The topological polar surface area (TPSA) is 54.5 Å². The smallest absolute Gasteiger partial charge is 0.231 e. The normalized spacial score (nSPS) is 11.9. The Labute approximate surface area is 154 Å². The van der Waals surface area contributed by atoms with Crippen molar-refractivity contribution in [1.29, 1.82) is 0 Å². The van der Waals surface area contributed by atoms with Crippen molar-refractivity contribution < 1.29 is 17.6 Å². The highest BCUT2D eigenvalue weighted by molar-refractivity contribution is 7.92. The summed E-state index contributed by atoms with van der Waals surface area (Å²) in [5.74, 6) is -0.263. The first-order valence-electron chi connectivity index (χ1n) is 8.14. The van der Waals surface area contributed by atoms with Crippen LogP contribution >= 0.6 is 0 Å². The maximum Gasteiger partial charge on any atom is 0.231 e. The van der Waals surface area contributed by atoms with E-state index in [4.69, 9.17) is 0 Å². The van der Waals surface area contributed by atoms with Crippen molar-refractivity contribution in [3.63, 3.8) is 0 Å². The largest absolute Gasteiger partial charge is 0.299 e. The fraction of sp³-hybridized carbons (Fsp3) is 0.250. The Morgan fingerprint density at radius 1 is 1.12 bits per heavy atom. The molecule has 0 spiro atoms. The monoisotopic (exact) mass is 375 g/mol. The molecule has 138 valence electrons. The summed E-state index contributed by atoms with van der Waals surface area (Å²) >= 11 is 0. The number of nitrogens with zero attached hydrogens (tertiary/aromatic N) is 1. The molecule has 0 saturated carbocycles. The Morgan fingerprint density at radius 3 is 2.23 bits per heavy atom. The molecule has 0 aromatic heterocycles. The Morgan fingerprint density at radius 2 is 1.73 bits per heavy atom. The van der Waals surface area contributed by atoms with Crippen LogP contribution in [0.25, 0.3) is 17.2 Å². The van der Waals surface area contributed by atoms with Crippen LogP contribution < -0.4 is 4.31 Å². The first-order valence-corrected chi connectivity index (χ1v) is 9.99. The van der Waals surface area contributed by atoms with E-state index in [0.29, 0.717) is 12.0 Å². The van der Waals surface area contributed by atoms with E-state index >= 15 is 0 Å². The standard InChI is InChI=1S/C20H22FNO3S/c1-14(2)19-12-17(22(3)26(4,24)25)13-20(18(19)6-5-11-23)15-7-9-16(21)10-8-15/h5-14H,1-4H3. The maximum absolute atomic E-state index is 13.3. The summed E-state index contributed by atoms with van der Waals surface area (Å²) in [6.07, 6.45) is 4.92. The van der Waals surface area contributed by atoms with Crippen molar-refractivity contribution in [2.24, 2.45) is 0 Å². The summed E-state index contributed by atoms with van der Waals surface area (Å²) in [5.41, 5.74) is 3.70. The van der Waals surface area contributed by atoms with Gasteiger partial charge < -0.3 is 0 Å². The number of halogens is 1. The van der Waals surface area contributed by atoms with Crippen molar-refractivity contribution in [2.45, 2.75) is 19.8 Å². The number of hydrogen-bond acceptors (Lipinski definition) is 3. The van der Waals surface area contributed by atoms with Crippen LogP contribution in [-0.4, -0.2) is 28.0 Å². The lowest BCUT2D eigenvalue weighted by atomic mass is 9.89. The van der Waals surface area contributed by atoms with E-state index in [9.17, 15) is 17.6 Å². The molecular weight excluding hydrogens is 353 g/mol. The van der Waals surface area contributed by atoms with Gasteiger partial charge in [0.25, 0.3) is 0 Å². The quantitative estimate of drug-likeness (QED) is 0.561. The molecule has 0 N–H and O–H groups in total. The lowest BCUT2D eigenvalue weighted by Crippen LogP contribution is -2.25. The predicted octanol–water partition coefficient (Wildman–Crippen LogP) is 4.22. The summed E-state index contributed by atoms with van der Waals surface area (Å²) < 4.78 is 38.5. The van der Waals surface area contributed by atoms with Crippen LogP contribution in [0.5, 0.6) is 0 Å². The molecule has 26 heavy (non-hydrogen) atoms. The third-order valence-corrected chi connectivity index (χ3v) is 5.38. The fourth-order valence-electron chi connectivity index (χ4n) is 2.70. The Hall–Kier alpha value is -2.47. The molecule has 0 aliphatic rings. The third-order valence-electron chi connectivity index (χ3n) is 4.18. The summed E-state index contributed by atoms with van der Waals surface area (Å²) in [4.78, 5) is 10.8. The molecule has 0 unspecified atom stereocenters. The van der Waals surface area contributed by atoms with Crippen LogP contribution in [0.15, 0.2) is 42.5 Å². The van der Waals surface area contributed by atoms with Crippen LogP contribution in [0.1, 0.15) is 30.9 Å². The second-order valence-corrected chi connectivity index (χ2v) is 8.40. The number of carbonyl (C=O) groups is 1. The molecular formula is C20H22FNO3S. The van der Waals surface area contributed by atoms with E-state index in [1.807, 2.05) is 19.9 Å². The molecule has 0 atom stereocenters. The van der Waals surface area contributed by atoms with Gasteiger partial charge in [0.1, 0.15) is 12.1 Å². The van der Waals surface area contributed by atoms with Gasteiger partial charge in [0, 0.05) is 7.05 Å². The number of aldehydes is 1. The summed E-state index contributed by atoms with van der Waals surface area (Å²) in [5, 5.41) is 0. The molecule has 0 aliphatic carbocycles. The highest BCUT2D eigenvalue weighted by atomic mass is 32.2. The van der Waals surface area contributed by atoms with Gasteiger partial charge in [-0.1, -0.05) is 32.1 Å². The van der Waals surface area contributed by atoms with Gasteiger partial charge in [0.15, 0.2) is 0 Å². The molecule has 0 aliphatic heterocycles. The van der Waals surface area contributed by atoms with Crippen molar-refractivity contribution in [3.05, 3.63) is 59.4 Å². The van der Waals surface area contributed by atoms with Gasteiger partial charge in [0.05, 0.1) is 11.9 Å². The first kappa shape index (κ1) is 19.8. The van der Waals surface area contributed by atoms with E-state index in [-0.39, 0.29) is 11.7 Å². The SMILES string of the molecule is CC(C)c1cc(N(C)S(C)(=O)=O)cc(-c2ccc(F)cc2)c1C=CC=O. The Bertz CT molecular complexity index is 932. The van der Waals surface area contributed by atoms with Crippen molar-refractivity contribution >= 4 is 28.1 Å². The molecule has 0 heterocycles. The summed E-state index contributed by atoms with van der Waals surface area (Å²) in [7, 11) is -1.94. The zero-order chi connectivity index (χ0) is 19.5. The number of sulfonamides is 1. The number of benzene rings is 2. The highest BCUT2D eigenvalue weighted by Crippen LogP contribution is 2.36. The lowest BCUT2D eigenvalue weighted by Gasteiger charge is -2.23. The van der Waals surface area contributed by atoms with Gasteiger partial charge in [-0.05, 0) is 58.5 Å². The fourth-order valence-corrected chi connectivity index (χ4v) is 3.19. The molecule has 0 bridgehead atoms. The van der Waals surface area contributed by atoms with Crippen LogP contribution in [0.2, 0.25) is 0 Å². The molecule has 2 rings (SSSR count). The van der Waals surface area contributed by atoms with Gasteiger partial charge >= 0.3 is 0 Å². The first-order chi connectivity index (χ1) is 12.1. The van der Waals surface area contributed by atoms with Gasteiger partial charge in [-0.25, -0.2) is 12.8 Å². The van der Waals surface area contributed by atoms with Crippen molar-refractivity contribution in [3.8, 4) is 11.1 Å². The molecule has 4 nitrogen and oxygen atoms in total. The van der Waals surface area contributed by atoms with Crippen molar-refractivity contribution in [2.75, 3.05) is 17.6 Å². The molecule has 0 fully saturated rings. The number of anilines is 1. The Kier molecular flexibility index (Phi) is 5.97. The van der Waals surface area contributed by atoms with Crippen LogP contribution in [0, 0.1) is 5.82 Å².